The Kier molecular flexibility index (Phi) is 3.68. The number of aliphatic hydroxyl groups is 1. The molecule has 0 spiro atoms. The van der Waals surface area contributed by atoms with Crippen molar-refractivity contribution in [2.75, 3.05) is 13.2 Å². The van der Waals surface area contributed by atoms with Gasteiger partial charge in [-0.1, -0.05) is 6.92 Å². The number of hydrogen-bond acceptors (Lipinski definition) is 4. The fourth-order valence-corrected chi connectivity index (χ4v) is 4.54. The molecule has 2 bridgehead atoms. The van der Waals surface area contributed by atoms with E-state index in [2.05, 4.69) is 0 Å². The highest BCUT2D eigenvalue weighted by atomic mass is 16.7. The second-order valence-corrected chi connectivity index (χ2v) is 7.25. The highest BCUT2D eigenvalue weighted by molar-refractivity contribution is 5.83. The third-order valence-electron chi connectivity index (χ3n) is 5.87. The largest absolute Gasteiger partial charge is 0.390 e. The second-order valence-electron chi connectivity index (χ2n) is 7.25. The molecular weight excluding hydrogens is 256 g/mol. The van der Waals surface area contributed by atoms with E-state index in [0.29, 0.717) is 12.2 Å². The van der Waals surface area contributed by atoms with Crippen molar-refractivity contribution in [3.8, 4) is 0 Å². The molecule has 114 valence electrons. The molecule has 1 saturated heterocycles. The zero-order valence-electron chi connectivity index (χ0n) is 12.6. The third-order valence-corrected chi connectivity index (χ3v) is 5.87. The molecule has 3 rings (SSSR count). The fourth-order valence-electron chi connectivity index (χ4n) is 4.54. The van der Waals surface area contributed by atoms with E-state index in [1.54, 1.807) is 0 Å². The SMILES string of the molecule is CC1C(=O)CC2CC1(CCC1OCCCO1)CC2(C)O. The molecule has 1 N–H and O–H groups in total. The van der Waals surface area contributed by atoms with Gasteiger partial charge in [0, 0.05) is 12.3 Å². The summed E-state index contributed by atoms with van der Waals surface area (Å²) in [6.07, 6.45) is 4.85. The third kappa shape index (κ3) is 2.42. The number of fused-ring (bicyclic) bond motifs is 2. The molecule has 1 aliphatic heterocycles. The zero-order valence-corrected chi connectivity index (χ0v) is 12.6. The Bertz CT molecular complexity index is 386. The first-order valence-corrected chi connectivity index (χ1v) is 7.91. The van der Waals surface area contributed by atoms with E-state index in [1.807, 2.05) is 13.8 Å². The van der Waals surface area contributed by atoms with E-state index in [9.17, 15) is 9.90 Å². The van der Waals surface area contributed by atoms with Crippen LogP contribution in [-0.2, 0) is 14.3 Å². The minimum Gasteiger partial charge on any atom is -0.390 e. The minimum atomic E-state index is -0.686. The van der Waals surface area contributed by atoms with Crippen molar-refractivity contribution in [2.45, 2.75) is 64.3 Å². The van der Waals surface area contributed by atoms with Crippen molar-refractivity contribution in [2.24, 2.45) is 17.3 Å². The van der Waals surface area contributed by atoms with Gasteiger partial charge in [-0.3, -0.25) is 4.79 Å². The Morgan fingerprint density at radius 1 is 1.35 bits per heavy atom. The lowest BCUT2D eigenvalue weighted by Gasteiger charge is -2.39. The normalized spacial score (nSPS) is 45.9. The van der Waals surface area contributed by atoms with Gasteiger partial charge < -0.3 is 14.6 Å². The van der Waals surface area contributed by atoms with Gasteiger partial charge >= 0.3 is 0 Å². The van der Waals surface area contributed by atoms with E-state index >= 15 is 0 Å². The molecule has 20 heavy (non-hydrogen) atoms. The Morgan fingerprint density at radius 2 is 2.05 bits per heavy atom. The standard InChI is InChI=1S/C16H26O4/c1-11-13(17)8-12-9-16(11,10-15(12,2)18)5-4-14-19-6-3-7-20-14/h11-12,14,18H,3-10H2,1-2H3. The average molecular weight is 282 g/mol. The van der Waals surface area contributed by atoms with E-state index in [0.717, 1.165) is 45.3 Å². The van der Waals surface area contributed by atoms with Crippen molar-refractivity contribution >= 4 is 5.78 Å². The number of hydrogen-bond donors (Lipinski definition) is 1. The van der Waals surface area contributed by atoms with Gasteiger partial charge in [0.15, 0.2) is 6.29 Å². The first-order chi connectivity index (χ1) is 9.43. The van der Waals surface area contributed by atoms with Crippen molar-refractivity contribution in [1.82, 2.24) is 0 Å². The van der Waals surface area contributed by atoms with Crippen molar-refractivity contribution in [3.63, 3.8) is 0 Å². The first-order valence-electron chi connectivity index (χ1n) is 7.91. The second kappa shape index (κ2) is 5.08. The predicted octanol–water partition coefficient (Wildman–Crippen LogP) is 2.29. The van der Waals surface area contributed by atoms with Crippen LogP contribution in [0.15, 0.2) is 0 Å². The maximum atomic E-state index is 12.2. The van der Waals surface area contributed by atoms with E-state index in [-0.39, 0.29) is 23.5 Å². The summed E-state index contributed by atoms with van der Waals surface area (Å²) in [5.41, 5.74) is -0.734. The highest BCUT2D eigenvalue weighted by Gasteiger charge is 2.58. The lowest BCUT2D eigenvalue weighted by Crippen LogP contribution is -2.37. The van der Waals surface area contributed by atoms with Crippen LogP contribution in [0.1, 0.15) is 52.4 Å². The molecule has 0 aromatic heterocycles. The molecule has 2 aliphatic carbocycles. The fraction of sp³-hybridized carbons (Fsp3) is 0.938. The summed E-state index contributed by atoms with van der Waals surface area (Å²) >= 11 is 0. The van der Waals surface area contributed by atoms with Crippen LogP contribution in [0.2, 0.25) is 0 Å². The first kappa shape index (κ1) is 14.5. The number of ether oxygens (including phenoxy) is 2. The Hall–Kier alpha value is -0.450. The van der Waals surface area contributed by atoms with Gasteiger partial charge in [0.25, 0.3) is 0 Å². The molecule has 3 fully saturated rings. The average Bonchev–Trinajstić information content (AvgIpc) is 2.65. The molecule has 0 aromatic carbocycles. The quantitative estimate of drug-likeness (QED) is 0.863. The van der Waals surface area contributed by atoms with Crippen molar-refractivity contribution in [3.05, 3.63) is 0 Å². The summed E-state index contributed by atoms with van der Waals surface area (Å²) in [6, 6.07) is 0. The molecule has 4 heteroatoms. The van der Waals surface area contributed by atoms with Crippen molar-refractivity contribution < 1.29 is 19.4 Å². The molecule has 0 radical (unpaired) electrons. The molecule has 1 heterocycles. The van der Waals surface area contributed by atoms with Crippen LogP contribution in [0.5, 0.6) is 0 Å². The van der Waals surface area contributed by atoms with Gasteiger partial charge in [0.05, 0.1) is 18.8 Å². The lowest BCUT2D eigenvalue weighted by atomic mass is 9.65. The monoisotopic (exact) mass is 282 g/mol. The Morgan fingerprint density at radius 3 is 2.75 bits per heavy atom. The van der Waals surface area contributed by atoms with Crippen LogP contribution in [0.3, 0.4) is 0 Å². The van der Waals surface area contributed by atoms with Gasteiger partial charge in [-0.05, 0) is 50.4 Å². The Labute approximate surface area is 120 Å². The van der Waals surface area contributed by atoms with E-state index < -0.39 is 5.60 Å². The van der Waals surface area contributed by atoms with Gasteiger partial charge in [-0.25, -0.2) is 0 Å². The zero-order chi connectivity index (χ0) is 14.4. The highest BCUT2D eigenvalue weighted by Crippen LogP contribution is 2.59. The molecule has 3 aliphatic rings. The van der Waals surface area contributed by atoms with E-state index in [4.69, 9.17) is 9.47 Å². The minimum absolute atomic E-state index is 0.0479. The smallest absolute Gasteiger partial charge is 0.157 e. The summed E-state index contributed by atoms with van der Waals surface area (Å²) in [4.78, 5) is 12.2. The topological polar surface area (TPSA) is 55.8 Å². The molecular formula is C16H26O4. The van der Waals surface area contributed by atoms with Crippen LogP contribution in [-0.4, -0.2) is 36.0 Å². The van der Waals surface area contributed by atoms with Crippen LogP contribution >= 0.6 is 0 Å². The number of carbonyl (C=O) groups excluding carboxylic acids is 1. The molecule has 0 amide bonds. The lowest BCUT2D eigenvalue weighted by molar-refractivity contribution is -0.185. The molecule has 4 nitrogen and oxygen atoms in total. The van der Waals surface area contributed by atoms with Crippen molar-refractivity contribution in [1.29, 1.82) is 0 Å². The van der Waals surface area contributed by atoms with Crippen LogP contribution in [0.25, 0.3) is 0 Å². The molecule has 2 saturated carbocycles. The summed E-state index contributed by atoms with van der Waals surface area (Å²) in [6.45, 7) is 5.49. The summed E-state index contributed by atoms with van der Waals surface area (Å²) < 4.78 is 11.2. The number of carbonyl (C=O) groups is 1. The Balaban J connectivity index is 1.70. The number of ketones is 1. The number of rotatable bonds is 3. The van der Waals surface area contributed by atoms with Gasteiger partial charge in [0.2, 0.25) is 0 Å². The summed E-state index contributed by atoms with van der Waals surface area (Å²) in [5.74, 6) is 0.514. The van der Waals surface area contributed by atoms with Gasteiger partial charge in [0.1, 0.15) is 5.78 Å². The van der Waals surface area contributed by atoms with E-state index in [1.165, 1.54) is 0 Å². The van der Waals surface area contributed by atoms with Crippen LogP contribution in [0, 0.1) is 17.3 Å². The molecule has 4 atom stereocenters. The maximum Gasteiger partial charge on any atom is 0.157 e. The summed E-state index contributed by atoms with van der Waals surface area (Å²) in [5, 5.41) is 10.6. The summed E-state index contributed by atoms with van der Waals surface area (Å²) in [7, 11) is 0. The number of Topliss-reactive ketones (excluding diaryl/α,β-unsaturated/α-hetero) is 1. The van der Waals surface area contributed by atoms with Crippen LogP contribution < -0.4 is 0 Å². The maximum absolute atomic E-state index is 12.2. The molecule has 0 aromatic rings. The van der Waals surface area contributed by atoms with Gasteiger partial charge in [-0.15, -0.1) is 0 Å². The van der Waals surface area contributed by atoms with Crippen LogP contribution in [0.4, 0.5) is 0 Å². The predicted molar refractivity (Wildman–Crippen MR) is 74.1 cm³/mol. The molecule has 4 unspecified atom stereocenters. The van der Waals surface area contributed by atoms with Gasteiger partial charge in [-0.2, -0.15) is 0 Å².